The summed E-state index contributed by atoms with van der Waals surface area (Å²) in [6.07, 6.45) is 1.17. The number of nitrogens with one attached hydrogen (secondary N) is 1. The third-order valence-corrected chi connectivity index (χ3v) is 5.74. The van der Waals surface area contributed by atoms with Gasteiger partial charge in [0.15, 0.2) is 11.5 Å². The van der Waals surface area contributed by atoms with Crippen LogP contribution in [-0.4, -0.2) is 26.7 Å². The van der Waals surface area contributed by atoms with E-state index in [0.717, 1.165) is 16.3 Å². The molecule has 2 heterocycles. The Balaban J connectivity index is 1.72. The lowest BCUT2D eigenvalue weighted by Gasteiger charge is -2.28. The minimum absolute atomic E-state index is 0.0160. The zero-order valence-electron chi connectivity index (χ0n) is 15.7. The van der Waals surface area contributed by atoms with E-state index in [-0.39, 0.29) is 11.2 Å². The van der Waals surface area contributed by atoms with Gasteiger partial charge in [0.2, 0.25) is 0 Å². The van der Waals surface area contributed by atoms with Gasteiger partial charge in [0.05, 0.1) is 16.9 Å². The summed E-state index contributed by atoms with van der Waals surface area (Å²) < 4.78 is 1.69. The van der Waals surface area contributed by atoms with Gasteiger partial charge >= 0.3 is 0 Å². The van der Waals surface area contributed by atoms with Crippen LogP contribution in [0, 0.1) is 5.41 Å². The van der Waals surface area contributed by atoms with Crippen molar-refractivity contribution in [3.8, 4) is 5.69 Å². The number of fused-ring (bicyclic) bond motifs is 1. The first-order valence-corrected chi connectivity index (χ1v) is 9.90. The SMILES string of the molecule is CC1(C)CC(=O)c2nnn(-c3ccc(C(N)=O)c(NCc4cccs4)c3)c2C1. The quantitative estimate of drug-likeness (QED) is 0.691. The summed E-state index contributed by atoms with van der Waals surface area (Å²) in [7, 11) is 0. The lowest BCUT2D eigenvalue weighted by Crippen LogP contribution is -2.28. The van der Waals surface area contributed by atoms with Crippen LogP contribution in [0.15, 0.2) is 35.7 Å². The Labute approximate surface area is 166 Å². The highest BCUT2D eigenvalue weighted by molar-refractivity contribution is 7.09. The highest BCUT2D eigenvalue weighted by Gasteiger charge is 2.35. The van der Waals surface area contributed by atoms with E-state index >= 15 is 0 Å². The Kier molecular flexibility index (Phi) is 4.50. The molecule has 144 valence electrons. The molecule has 0 radical (unpaired) electrons. The maximum absolute atomic E-state index is 12.4. The molecule has 0 spiro atoms. The van der Waals surface area contributed by atoms with Crippen LogP contribution in [-0.2, 0) is 13.0 Å². The number of hydrogen-bond acceptors (Lipinski definition) is 6. The van der Waals surface area contributed by atoms with E-state index in [4.69, 9.17) is 5.73 Å². The molecule has 1 aromatic carbocycles. The predicted octanol–water partition coefficient (Wildman–Crippen LogP) is 3.19. The average Bonchev–Trinajstić information content (AvgIpc) is 3.28. The van der Waals surface area contributed by atoms with Crippen molar-refractivity contribution in [3.63, 3.8) is 0 Å². The number of benzene rings is 1. The van der Waals surface area contributed by atoms with Crippen LogP contribution in [0.3, 0.4) is 0 Å². The molecule has 2 aromatic heterocycles. The van der Waals surface area contributed by atoms with Gasteiger partial charge in [0.1, 0.15) is 0 Å². The molecule has 0 saturated carbocycles. The Hall–Kier alpha value is -3.00. The molecule has 0 atom stereocenters. The van der Waals surface area contributed by atoms with E-state index in [1.165, 1.54) is 0 Å². The first kappa shape index (κ1) is 18.4. The van der Waals surface area contributed by atoms with Gasteiger partial charge in [-0.2, -0.15) is 0 Å². The Morgan fingerprint density at radius 2 is 2.14 bits per heavy atom. The number of rotatable bonds is 5. The fourth-order valence-electron chi connectivity index (χ4n) is 3.54. The number of primary amides is 1. The number of ketones is 1. The van der Waals surface area contributed by atoms with Crippen LogP contribution >= 0.6 is 11.3 Å². The number of carbonyl (C=O) groups excluding carboxylic acids is 2. The summed E-state index contributed by atoms with van der Waals surface area (Å²) in [6.45, 7) is 4.72. The maximum Gasteiger partial charge on any atom is 0.250 e. The second-order valence-electron chi connectivity index (χ2n) is 7.76. The van der Waals surface area contributed by atoms with E-state index < -0.39 is 5.91 Å². The van der Waals surface area contributed by atoms with Crippen molar-refractivity contribution in [3.05, 3.63) is 57.5 Å². The number of nitrogens with zero attached hydrogens (tertiary/aromatic N) is 3. The van der Waals surface area contributed by atoms with Crippen LogP contribution < -0.4 is 11.1 Å². The highest BCUT2D eigenvalue weighted by atomic mass is 32.1. The smallest absolute Gasteiger partial charge is 0.250 e. The molecule has 8 heteroatoms. The monoisotopic (exact) mass is 395 g/mol. The number of thiophene rings is 1. The lowest BCUT2D eigenvalue weighted by molar-refractivity contribution is 0.0905. The third kappa shape index (κ3) is 3.43. The van der Waals surface area contributed by atoms with Gasteiger partial charge in [-0.05, 0) is 41.5 Å². The zero-order valence-corrected chi connectivity index (χ0v) is 16.5. The molecule has 3 N–H and O–H groups in total. The van der Waals surface area contributed by atoms with Gasteiger partial charge in [-0.15, -0.1) is 16.4 Å². The molecule has 4 rings (SSSR count). The fourth-order valence-corrected chi connectivity index (χ4v) is 4.18. The summed E-state index contributed by atoms with van der Waals surface area (Å²) in [4.78, 5) is 25.4. The number of aromatic nitrogens is 3. The first-order chi connectivity index (χ1) is 13.3. The normalized spacial score (nSPS) is 15.3. The van der Waals surface area contributed by atoms with Gasteiger partial charge in [-0.25, -0.2) is 4.68 Å². The third-order valence-electron chi connectivity index (χ3n) is 4.86. The second kappa shape index (κ2) is 6.87. The van der Waals surface area contributed by atoms with E-state index in [1.54, 1.807) is 28.2 Å². The minimum atomic E-state index is -0.503. The van der Waals surface area contributed by atoms with Gasteiger partial charge in [-0.1, -0.05) is 25.1 Å². The number of nitrogens with two attached hydrogens (primary N) is 1. The van der Waals surface area contributed by atoms with Crippen molar-refractivity contribution < 1.29 is 9.59 Å². The molecule has 28 heavy (non-hydrogen) atoms. The van der Waals surface area contributed by atoms with Gasteiger partial charge in [0, 0.05) is 23.5 Å². The van der Waals surface area contributed by atoms with Crippen LogP contribution in [0.5, 0.6) is 0 Å². The molecular weight excluding hydrogens is 374 g/mol. The Morgan fingerprint density at radius 3 is 2.86 bits per heavy atom. The van der Waals surface area contributed by atoms with E-state index in [0.29, 0.717) is 36.3 Å². The maximum atomic E-state index is 12.4. The number of hydrogen-bond donors (Lipinski definition) is 2. The summed E-state index contributed by atoms with van der Waals surface area (Å²) in [6, 6.07) is 9.28. The predicted molar refractivity (Wildman–Crippen MR) is 108 cm³/mol. The molecule has 3 aromatic rings. The van der Waals surface area contributed by atoms with Gasteiger partial charge in [-0.3, -0.25) is 9.59 Å². The van der Waals surface area contributed by atoms with Crippen LogP contribution in [0.2, 0.25) is 0 Å². The van der Waals surface area contributed by atoms with Crippen molar-refractivity contribution in [2.75, 3.05) is 5.32 Å². The first-order valence-electron chi connectivity index (χ1n) is 9.02. The van der Waals surface area contributed by atoms with Crippen molar-refractivity contribution in [1.29, 1.82) is 0 Å². The fraction of sp³-hybridized carbons (Fsp3) is 0.300. The van der Waals surface area contributed by atoms with Crippen molar-refractivity contribution >= 4 is 28.7 Å². The molecule has 0 aliphatic heterocycles. The molecule has 1 amide bonds. The van der Waals surface area contributed by atoms with Crippen LogP contribution in [0.25, 0.3) is 5.69 Å². The van der Waals surface area contributed by atoms with Crippen molar-refractivity contribution in [2.24, 2.45) is 11.1 Å². The lowest BCUT2D eigenvalue weighted by atomic mass is 9.77. The Bertz CT molecular complexity index is 1050. The molecule has 0 bridgehead atoms. The Morgan fingerprint density at radius 1 is 1.32 bits per heavy atom. The summed E-state index contributed by atoms with van der Waals surface area (Å²) in [5, 5.41) is 13.6. The van der Waals surface area contributed by atoms with Crippen molar-refractivity contribution in [2.45, 2.75) is 33.2 Å². The molecule has 1 aliphatic carbocycles. The van der Waals surface area contributed by atoms with E-state index in [1.807, 2.05) is 23.6 Å². The summed E-state index contributed by atoms with van der Waals surface area (Å²) in [5.74, 6) is -0.487. The number of anilines is 1. The highest BCUT2D eigenvalue weighted by Crippen LogP contribution is 2.35. The molecule has 0 saturated heterocycles. The van der Waals surface area contributed by atoms with Gasteiger partial charge in [0.25, 0.3) is 5.91 Å². The largest absolute Gasteiger partial charge is 0.379 e. The molecule has 7 nitrogen and oxygen atoms in total. The van der Waals surface area contributed by atoms with Gasteiger partial charge < -0.3 is 11.1 Å². The van der Waals surface area contributed by atoms with Crippen LogP contribution in [0.1, 0.15) is 51.7 Å². The molecule has 0 unspecified atom stereocenters. The van der Waals surface area contributed by atoms with Crippen molar-refractivity contribution in [1.82, 2.24) is 15.0 Å². The standard InChI is InChI=1S/C20H21N5O2S/c1-20(2)9-16-18(17(26)10-20)23-24-25(16)12-5-6-14(19(21)27)15(8-12)22-11-13-4-3-7-28-13/h3-8,22H,9-11H2,1-2H3,(H2,21,27). The minimum Gasteiger partial charge on any atom is -0.379 e. The molecule has 1 aliphatic rings. The number of Topliss-reactive ketones (excluding diaryl/α,β-unsaturated/α-hetero) is 1. The number of amides is 1. The second-order valence-corrected chi connectivity index (χ2v) is 8.80. The average molecular weight is 395 g/mol. The van der Waals surface area contributed by atoms with Crippen LogP contribution in [0.4, 0.5) is 5.69 Å². The number of carbonyl (C=O) groups is 2. The summed E-state index contributed by atoms with van der Waals surface area (Å²) >= 11 is 1.63. The van der Waals surface area contributed by atoms with E-state index in [2.05, 4.69) is 29.5 Å². The topological polar surface area (TPSA) is 103 Å². The summed E-state index contributed by atoms with van der Waals surface area (Å²) in [5.41, 5.74) is 8.41. The molecular formula is C20H21N5O2S. The van der Waals surface area contributed by atoms with E-state index in [9.17, 15) is 9.59 Å². The molecule has 0 fully saturated rings. The zero-order chi connectivity index (χ0) is 19.9.